The summed E-state index contributed by atoms with van der Waals surface area (Å²) < 4.78 is 1.84. The minimum absolute atomic E-state index is 0.441. The minimum atomic E-state index is 0.441. The van der Waals surface area contributed by atoms with E-state index >= 15 is 0 Å². The SMILES string of the molecule is Cn1ncc2ccc(CC3CCC4(CC3)CN(C=O)C4)nc21. The molecule has 0 unspecified atom stereocenters. The van der Waals surface area contributed by atoms with E-state index in [1.165, 1.54) is 31.4 Å². The molecule has 0 radical (unpaired) electrons. The maximum atomic E-state index is 10.7. The van der Waals surface area contributed by atoms with Gasteiger partial charge in [0.2, 0.25) is 6.41 Å². The molecule has 22 heavy (non-hydrogen) atoms. The Morgan fingerprint density at radius 3 is 2.82 bits per heavy atom. The topological polar surface area (TPSA) is 51.0 Å². The number of pyridine rings is 1. The highest BCUT2D eigenvalue weighted by molar-refractivity contribution is 5.74. The largest absolute Gasteiger partial charge is 0.344 e. The van der Waals surface area contributed by atoms with Crippen molar-refractivity contribution in [3.8, 4) is 0 Å². The third-order valence-electron chi connectivity index (χ3n) is 5.53. The standard InChI is InChI=1S/C17H22N4O/c1-20-16-14(9-18-20)2-3-15(19-16)8-13-4-6-17(7-5-13)10-21(11-17)12-22/h2-3,9,12-13H,4-8,10-11H2,1H3. The summed E-state index contributed by atoms with van der Waals surface area (Å²) >= 11 is 0. The van der Waals surface area contributed by atoms with Crippen molar-refractivity contribution in [1.29, 1.82) is 0 Å². The van der Waals surface area contributed by atoms with Gasteiger partial charge in [-0.25, -0.2) is 4.98 Å². The molecule has 5 heteroatoms. The number of aryl methyl sites for hydroxylation is 1. The average Bonchev–Trinajstić information content (AvgIpc) is 2.87. The third kappa shape index (κ3) is 2.28. The maximum absolute atomic E-state index is 10.7. The lowest BCUT2D eigenvalue weighted by atomic mass is 9.65. The molecule has 1 aliphatic heterocycles. The molecule has 2 aromatic rings. The number of nitrogens with zero attached hydrogens (tertiary/aromatic N) is 4. The monoisotopic (exact) mass is 298 g/mol. The summed E-state index contributed by atoms with van der Waals surface area (Å²) in [5.41, 5.74) is 2.60. The van der Waals surface area contributed by atoms with Crippen LogP contribution >= 0.6 is 0 Å². The first-order valence-electron chi connectivity index (χ1n) is 8.14. The Bertz CT molecular complexity index is 692. The van der Waals surface area contributed by atoms with Crippen LogP contribution in [0.3, 0.4) is 0 Å². The predicted octanol–water partition coefficient (Wildman–Crippen LogP) is 2.16. The normalized spacial score (nSPS) is 21.2. The van der Waals surface area contributed by atoms with Crippen LogP contribution in [0.15, 0.2) is 18.3 Å². The lowest BCUT2D eigenvalue weighted by Crippen LogP contribution is -2.56. The van der Waals surface area contributed by atoms with Crippen molar-refractivity contribution in [2.24, 2.45) is 18.4 Å². The number of rotatable bonds is 3. The molecular weight excluding hydrogens is 276 g/mol. The molecule has 1 saturated heterocycles. The molecule has 116 valence electrons. The molecule has 2 aromatic heterocycles. The zero-order chi connectivity index (χ0) is 15.2. The minimum Gasteiger partial charge on any atom is -0.344 e. The van der Waals surface area contributed by atoms with Crippen LogP contribution in [-0.4, -0.2) is 39.2 Å². The first kappa shape index (κ1) is 13.7. The quantitative estimate of drug-likeness (QED) is 0.816. The molecule has 0 bridgehead atoms. The molecule has 0 N–H and O–H groups in total. The van der Waals surface area contributed by atoms with Gasteiger partial charge in [-0.3, -0.25) is 9.48 Å². The van der Waals surface area contributed by atoms with Crippen LogP contribution in [-0.2, 0) is 18.3 Å². The van der Waals surface area contributed by atoms with E-state index in [2.05, 4.69) is 17.2 Å². The fraction of sp³-hybridized carbons (Fsp3) is 0.588. The molecule has 2 aliphatic rings. The van der Waals surface area contributed by atoms with Crippen LogP contribution in [0.5, 0.6) is 0 Å². The van der Waals surface area contributed by atoms with E-state index in [1.54, 1.807) is 0 Å². The molecular formula is C17H22N4O. The summed E-state index contributed by atoms with van der Waals surface area (Å²) in [6.45, 7) is 1.95. The van der Waals surface area contributed by atoms with Gasteiger partial charge in [0.1, 0.15) is 0 Å². The van der Waals surface area contributed by atoms with Crippen LogP contribution in [0.25, 0.3) is 11.0 Å². The Kier molecular flexibility index (Phi) is 3.17. The van der Waals surface area contributed by atoms with E-state index in [-0.39, 0.29) is 0 Å². The number of hydrogen-bond acceptors (Lipinski definition) is 3. The average molecular weight is 298 g/mol. The molecule has 1 spiro atoms. The Balaban J connectivity index is 1.39. The second kappa shape index (κ2) is 5.07. The smallest absolute Gasteiger partial charge is 0.209 e. The van der Waals surface area contributed by atoms with Gasteiger partial charge >= 0.3 is 0 Å². The number of aromatic nitrogens is 3. The summed E-state index contributed by atoms with van der Waals surface area (Å²) in [7, 11) is 1.94. The maximum Gasteiger partial charge on any atom is 0.209 e. The second-order valence-corrected chi connectivity index (χ2v) is 7.14. The van der Waals surface area contributed by atoms with Gasteiger partial charge in [0.25, 0.3) is 0 Å². The second-order valence-electron chi connectivity index (χ2n) is 7.14. The Labute approximate surface area is 130 Å². The third-order valence-corrected chi connectivity index (χ3v) is 5.53. The van der Waals surface area contributed by atoms with Gasteiger partial charge in [0.05, 0.1) is 6.20 Å². The zero-order valence-electron chi connectivity index (χ0n) is 13.0. The molecule has 1 amide bonds. The van der Waals surface area contributed by atoms with E-state index in [1.807, 2.05) is 22.8 Å². The van der Waals surface area contributed by atoms with Gasteiger partial charge in [-0.05, 0) is 50.2 Å². The van der Waals surface area contributed by atoms with Crippen LogP contribution in [0.4, 0.5) is 0 Å². The van der Waals surface area contributed by atoms with Crippen LogP contribution < -0.4 is 0 Å². The van der Waals surface area contributed by atoms with Gasteiger partial charge < -0.3 is 4.90 Å². The van der Waals surface area contributed by atoms with Crippen molar-refractivity contribution < 1.29 is 4.79 Å². The van der Waals surface area contributed by atoms with Crippen molar-refractivity contribution in [3.05, 3.63) is 24.0 Å². The number of likely N-dealkylation sites (tertiary alicyclic amines) is 1. The molecule has 5 nitrogen and oxygen atoms in total. The van der Waals surface area contributed by atoms with Crippen LogP contribution in [0, 0.1) is 11.3 Å². The summed E-state index contributed by atoms with van der Waals surface area (Å²) in [6.07, 6.45) is 8.96. The van der Waals surface area contributed by atoms with Gasteiger partial charge in [0.15, 0.2) is 5.65 Å². The van der Waals surface area contributed by atoms with E-state index in [0.717, 1.165) is 42.9 Å². The van der Waals surface area contributed by atoms with Gasteiger partial charge in [-0.1, -0.05) is 0 Å². The lowest BCUT2D eigenvalue weighted by Gasteiger charge is -2.52. The summed E-state index contributed by atoms with van der Waals surface area (Å²) in [4.78, 5) is 17.4. The molecule has 1 aliphatic carbocycles. The molecule has 0 atom stereocenters. The molecule has 4 rings (SSSR count). The number of fused-ring (bicyclic) bond motifs is 1. The van der Waals surface area contributed by atoms with Crippen molar-refractivity contribution in [1.82, 2.24) is 19.7 Å². The van der Waals surface area contributed by atoms with Crippen LogP contribution in [0.1, 0.15) is 31.4 Å². The van der Waals surface area contributed by atoms with Gasteiger partial charge in [0, 0.05) is 36.6 Å². The number of amides is 1. The first-order chi connectivity index (χ1) is 10.7. The fourth-order valence-corrected chi connectivity index (χ4v) is 4.17. The Hall–Kier alpha value is -1.91. The zero-order valence-corrected chi connectivity index (χ0v) is 13.0. The molecule has 1 saturated carbocycles. The van der Waals surface area contributed by atoms with Crippen molar-refractivity contribution >= 4 is 17.4 Å². The van der Waals surface area contributed by atoms with Crippen molar-refractivity contribution in [3.63, 3.8) is 0 Å². The van der Waals surface area contributed by atoms with Gasteiger partial charge in [-0.2, -0.15) is 5.10 Å². The first-order valence-corrected chi connectivity index (χ1v) is 8.14. The van der Waals surface area contributed by atoms with Crippen LogP contribution in [0.2, 0.25) is 0 Å². The van der Waals surface area contributed by atoms with Crippen molar-refractivity contribution in [2.75, 3.05) is 13.1 Å². The van der Waals surface area contributed by atoms with E-state index < -0.39 is 0 Å². The Morgan fingerprint density at radius 1 is 1.32 bits per heavy atom. The number of carbonyl (C=O) groups excluding carboxylic acids is 1. The van der Waals surface area contributed by atoms with Gasteiger partial charge in [-0.15, -0.1) is 0 Å². The number of hydrogen-bond donors (Lipinski definition) is 0. The summed E-state index contributed by atoms with van der Waals surface area (Å²) in [6, 6.07) is 4.27. The highest BCUT2D eigenvalue weighted by atomic mass is 16.1. The van der Waals surface area contributed by atoms with E-state index in [0.29, 0.717) is 5.41 Å². The highest BCUT2D eigenvalue weighted by Crippen LogP contribution is 2.45. The van der Waals surface area contributed by atoms with Crippen molar-refractivity contribution in [2.45, 2.75) is 32.1 Å². The number of carbonyl (C=O) groups is 1. The van der Waals surface area contributed by atoms with E-state index in [4.69, 9.17) is 4.98 Å². The highest BCUT2D eigenvalue weighted by Gasteiger charge is 2.44. The fourth-order valence-electron chi connectivity index (χ4n) is 4.17. The predicted molar refractivity (Wildman–Crippen MR) is 84.2 cm³/mol. The molecule has 2 fully saturated rings. The molecule has 3 heterocycles. The molecule has 0 aromatic carbocycles. The lowest BCUT2D eigenvalue weighted by molar-refractivity contribution is -0.132. The summed E-state index contributed by atoms with van der Waals surface area (Å²) in [5, 5.41) is 5.37. The Morgan fingerprint density at radius 2 is 2.09 bits per heavy atom. The van der Waals surface area contributed by atoms with E-state index in [9.17, 15) is 4.79 Å². The summed E-state index contributed by atoms with van der Waals surface area (Å²) in [5.74, 6) is 0.731.